The van der Waals surface area contributed by atoms with Gasteiger partial charge < -0.3 is 1.43 Å². The Kier molecular flexibility index (Phi) is 139. The van der Waals surface area contributed by atoms with Crippen molar-refractivity contribution < 1.29 is 63.2 Å². The van der Waals surface area contributed by atoms with E-state index in [0.717, 1.165) is 0 Å². The Morgan fingerprint density at radius 2 is 1.25 bits per heavy atom. The first-order chi connectivity index (χ1) is 0. The Bertz CT molecular complexity index is 11.6. The van der Waals surface area contributed by atoms with Crippen molar-refractivity contribution in [2.24, 2.45) is 0 Å². The normalized spacial score (nSPS) is 0. The molecule has 0 aromatic heterocycles. The van der Waals surface area contributed by atoms with Crippen LogP contribution < -0.4 is 18.9 Å². The zero-order chi connectivity index (χ0) is 0. The minimum absolute atomic E-state index is 0. The van der Waals surface area contributed by atoms with Crippen LogP contribution in [0.3, 0.4) is 0 Å². The second kappa shape index (κ2) is 17.8. The molecule has 0 fully saturated rings. The van der Waals surface area contributed by atoms with Crippen LogP contribution in [0.4, 0.5) is 0 Å². The summed E-state index contributed by atoms with van der Waals surface area (Å²) < 4.78 is 0. The van der Waals surface area contributed by atoms with Crippen LogP contribution in [-0.2, 0) is 42.9 Å². The summed E-state index contributed by atoms with van der Waals surface area (Å²) >= 11 is 0. The maximum absolute atomic E-state index is 0. The van der Waals surface area contributed by atoms with Gasteiger partial charge in [0.15, 0.2) is 17.4 Å². The van der Waals surface area contributed by atoms with Crippen molar-refractivity contribution in [3.8, 4) is 0 Å². The van der Waals surface area contributed by atoms with Crippen molar-refractivity contribution in [1.29, 1.82) is 0 Å². The van der Waals surface area contributed by atoms with Gasteiger partial charge in [-0.2, -0.15) is 0 Å². The maximum Gasteiger partial charge on any atom is 1.00 e. The predicted molar refractivity (Wildman–Crippen MR) is 11.1 cm³/mol. The average molecular weight is 146 g/mol. The molecule has 0 nitrogen and oxygen atoms in total. The summed E-state index contributed by atoms with van der Waals surface area (Å²) in [4.78, 5) is 0. The number of rotatable bonds is 0. The van der Waals surface area contributed by atoms with Crippen molar-refractivity contribution in [1.82, 2.24) is 0 Å². The SMILES string of the molecule is [AlH3].[Cu].[H-].[Li+].[Sc]. The van der Waals surface area contributed by atoms with Gasteiger partial charge in [0.1, 0.15) is 0 Å². The van der Waals surface area contributed by atoms with E-state index in [2.05, 4.69) is 0 Å². The summed E-state index contributed by atoms with van der Waals surface area (Å²) in [5, 5.41) is 0. The molecule has 4 heavy (non-hydrogen) atoms. The first kappa shape index (κ1) is 31.3. The van der Waals surface area contributed by atoms with Crippen LogP contribution in [0, 0.1) is 0 Å². The summed E-state index contributed by atoms with van der Waals surface area (Å²) in [7, 11) is 0. The van der Waals surface area contributed by atoms with Crippen LogP contribution in [-0.4, -0.2) is 17.4 Å². The number of hydrogen-bond donors (Lipinski definition) is 0. The molecule has 0 bridgehead atoms. The Balaban J connectivity index is 0. The van der Waals surface area contributed by atoms with Gasteiger partial charge in [-0.15, -0.1) is 0 Å². The van der Waals surface area contributed by atoms with E-state index in [9.17, 15) is 0 Å². The average Bonchev–Trinajstić information content (AvgIpc) is 0. The third kappa shape index (κ3) is 8.82. The minimum Gasteiger partial charge on any atom is -1.00 e. The van der Waals surface area contributed by atoms with E-state index in [1.807, 2.05) is 0 Å². The molecular formula is H4AlCuLiSc. The van der Waals surface area contributed by atoms with Crippen LogP contribution in [0.25, 0.3) is 0 Å². The molecule has 0 aliphatic heterocycles. The molecule has 0 aliphatic rings. The fourth-order valence-corrected chi connectivity index (χ4v) is 0. The molecule has 4 heteroatoms. The predicted octanol–water partition coefficient (Wildman–Crippen LogP) is -4.07. The van der Waals surface area contributed by atoms with Crippen molar-refractivity contribution in [2.75, 3.05) is 0 Å². The van der Waals surface area contributed by atoms with Crippen LogP contribution in [0.1, 0.15) is 1.43 Å². The van der Waals surface area contributed by atoms with E-state index in [1.54, 1.807) is 0 Å². The second-order valence-corrected chi connectivity index (χ2v) is 0. The standard InChI is InChI=1S/Al.Cu.Li.Sc.4H/q;;+1;;;;;-1. The Morgan fingerprint density at radius 3 is 1.25 bits per heavy atom. The van der Waals surface area contributed by atoms with E-state index < -0.39 is 0 Å². The van der Waals surface area contributed by atoms with Crippen molar-refractivity contribution >= 4 is 17.4 Å². The summed E-state index contributed by atoms with van der Waals surface area (Å²) in [6.07, 6.45) is 0. The Labute approximate surface area is 79.5 Å². The van der Waals surface area contributed by atoms with Crippen LogP contribution >= 0.6 is 0 Å². The number of hydrogen-bond acceptors (Lipinski definition) is 0. The monoisotopic (exact) mass is 146 g/mol. The quantitative estimate of drug-likeness (QED) is 0.305. The van der Waals surface area contributed by atoms with Gasteiger partial charge >= 0.3 is 18.9 Å². The van der Waals surface area contributed by atoms with Gasteiger partial charge in [-0.3, -0.25) is 0 Å². The molecule has 0 aliphatic carbocycles. The molecule has 22 valence electrons. The zero-order valence-corrected chi connectivity index (χ0v) is 4.62. The fraction of sp³-hybridized carbons (Fsp3) is 0. The van der Waals surface area contributed by atoms with Gasteiger partial charge in [-0.1, -0.05) is 0 Å². The molecule has 2 radical (unpaired) electrons. The van der Waals surface area contributed by atoms with E-state index in [1.165, 1.54) is 0 Å². The van der Waals surface area contributed by atoms with Crippen molar-refractivity contribution in [3.05, 3.63) is 0 Å². The first-order valence-electron chi connectivity index (χ1n) is 0. The van der Waals surface area contributed by atoms with Crippen molar-refractivity contribution in [3.63, 3.8) is 0 Å². The molecule has 0 atom stereocenters. The van der Waals surface area contributed by atoms with Crippen LogP contribution in [0.5, 0.6) is 0 Å². The van der Waals surface area contributed by atoms with E-state index >= 15 is 0 Å². The van der Waals surface area contributed by atoms with Gasteiger partial charge in [0, 0.05) is 42.9 Å². The molecular weight excluding hydrogens is 142 g/mol. The molecule has 0 aromatic rings. The largest absolute Gasteiger partial charge is 1.00 e. The van der Waals surface area contributed by atoms with E-state index in [4.69, 9.17) is 0 Å². The second-order valence-electron chi connectivity index (χ2n) is 0. The van der Waals surface area contributed by atoms with Gasteiger partial charge in [0.25, 0.3) is 0 Å². The summed E-state index contributed by atoms with van der Waals surface area (Å²) in [6.45, 7) is 0. The van der Waals surface area contributed by atoms with Crippen molar-refractivity contribution in [2.45, 2.75) is 0 Å². The molecule has 0 unspecified atom stereocenters. The zero-order valence-electron chi connectivity index (χ0n) is 2.88. The van der Waals surface area contributed by atoms with E-state index in [-0.39, 0.29) is 80.6 Å². The van der Waals surface area contributed by atoms with Gasteiger partial charge in [0.2, 0.25) is 0 Å². The van der Waals surface area contributed by atoms with Gasteiger partial charge in [0.05, 0.1) is 0 Å². The summed E-state index contributed by atoms with van der Waals surface area (Å²) in [5.41, 5.74) is 0. The van der Waals surface area contributed by atoms with Gasteiger partial charge in [-0.25, -0.2) is 0 Å². The molecule has 0 saturated carbocycles. The minimum atomic E-state index is 0. The Morgan fingerprint density at radius 1 is 1.25 bits per heavy atom. The molecule has 0 N–H and O–H groups in total. The molecule has 0 spiro atoms. The molecule has 0 amide bonds. The molecule has 0 heterocycles. The summed E-state index contributed by atoms with van der Waals surface area (Å²) in [5.74, 6) is 0. The third-order valence-electron chi connectivity index (χ3n) is 0. The smallest absolute Gasteiger partial charge is 1.00 e. The van der Waals surface area contributed by atoms with Crippen LogP contribution in [0.2, 0.25) is 0 Å². The molecule has 0 rings (SSSR count). The molecule has 0 aromatic carbocycles. The Hall–Kier alpha value is 2.52. The third-order valence-corrected chi connectivity index (χ3v) is 0. The topological polar surface area (TPSA) is 0 Å². The van der Waals surface area contributed by atoms with E-state index in [0.29, 0.717) is 0 Å². The molecule has 0 saturated heterocycles. The summed E-state index contributed by atoms with van der Waals surface area (Å²) in [6, 6.07) is 0. The van der Waals surface area contributed by atoms with Crippen LogP contribution in [0.15, 0.2) is 0 Å². The maximum atomic E-state index is 0. The van der Waals surface area contributed by atoms with Gasteiger partial charge in [-0.05, 0) is 0 Å². The fourth-order valence-electron chi connectivity index (χ4n) is 0. The first-order valence-corrected chi connectivity index (χ1v) is 0.